The predicted molar refractivity (Wildman–Crippen MR) is 45.4 cm³/mol. The molecule has 0 spiro atoms. The largest absolute Gasteiger partial charge is 0.395 e. The summed E-state index contributed by atoms with van der Waals surface area (Å²) in [4.78, 5) is 0. The van der Waals surface area contributed by atoms with Crippen LogP contribution in [0.5, 0.6) is 0 Å². The molecule has 0 amide bonds. The highest BCUT2D eigenvalue weighted by Gasteiger charge is 2.11. The predicted octanol–water partition coefficient (Wildman–Crippen LogP) is -0.0263. The Hall–Kier alpha value is -0.120. The SMILES string of the molecule is CC(C)C(CO)NC[C@H](C)O. The molecule has 3 nitrogen and oxygen atoms in total. The zero-order valence-corrected chi connectivity index (χ0v) is 7.54. The van der Waals surface area contributed by atoms with E-state index in [0.717, 1.165) is 0 Å². The molecular formula is C8H19NO2. The van der Waals surface area contributed by atoms with Crippen LogP contribution in [0.4, 0.5) is 0 Å². The summed E-state index contributed by atoms with van der Waals surface area (Å²) < 4.78 is 0. The molecule has 0 bridgehead atoms. The Morgan fingerprint density at radius 3 is 2.09 bits per heavy atom. The van der Waals surface area contributed by atoms with Gasteiger partial charge in [0, 0.05) is 12.6 Å². The first kappa shape index (κ1) is 10.9. The van der Waals surface area contributed by atoms with Crippen molar-refractivity contribution < 1.29 is 10.2 Å². The number of hydrogen-bond acceptors (Lipinski definition) is 3. The lowest BCUT2D eigenvalue weighted by atomic mass is 10.1. The van der Waals surface area contributed by atoms with Crippen LogP contribution in [-0.2, 0) is 0 Å². The molecule has 0 radical (unpaired) electrons. The van der Waals surface area contributed by atoms with E-state index in [2.05, 4.69) is 5.32 Å². The number of nitrogens with one attached hydrogen (secondary N) is 1. The van der Waals surface area contributed by atoms with Crippen LogP contribution in [-0.4, -0.2) is 35.5 Å². The van der Waals surface area contributed by atoms with E-state index in [9.17, 15) is 0 Å². The second-order valence-corrected chi connectivity index (χ2v) is 3.29. The van der Waals surface area contributed by atoms with Gasteiger partial charge in [0.1, 0.15) is 0 Å². The normalized spacial score (nSPS) is 16.9. The maximum atomic E-state index is 8.93. The van der Waals surface area contributed by atoms with Crippen molar-refractivity contribution in [2.45, 2.75) is 32.9 Å². The van der Waals surface area contributed by atoms with Gasteiger partial charge >= 0.3 is 0 Å². The first-order chi connectivity index (χ1) is 5.07. The summed E-state index contributed by atoms with van der Waals surface area (Å²) >= 11 is 0. The fraction of sp³-hybridized carbons (Fsp3) is 1.00. The second kappa shape index (κ2) is 5.52. The maximum Gasteiger partial charge on any atom is 0.0636 e. The minimum atomic E-state index is -0.345. The van der Waals surface area contributed by atoms with Gasteiger partial charge in [-0.25, -0.2) is 0 Å². The first-order valence-corrected chi connectivity index (χ1v) is 4.10. The molecule has 0 aliphatic carbocycles. The van der Waals surface area contributed by atoms with Crippen molar-refractivity contribution in [3.63, 3.8) is 0 Å². The van der Waals surface area contributed by atoms with Crippen molar-refractivity contribution >= 4 is 0 Å². The van der Waals surface area contributed by atoms with Crippen molar-refractivity contribution in [1.82, 2.24) is 5.32 Å². The van der Waals surface area contributed by atoms with Crippen LogP contribution < -0.4 is 5.32 Å². The van der Waals surface area contributed by atoms with Gasteiger partial charge in [-0.1, -0.05) is 13.8 Å². The van der Waals surface area contributed by atoms with E-state index in [0.29, 0.717) is 12.5 Å². The molecule has 68 valence electrons. The van der Waals surface area contributed by atoms with Gasteiger partial charge in [-0.15, -0.1) is 0 Å². The Morgan fingerprint density at radius 1 is 1.27 bits per heavy atom. The molecule has 0 aromatic rings. The van der Waals surface area contributed by atoms with E-state index in [-0.39, 0.29) is 18.8 Å². The smallest absolute Gasteiger partial charge is 0.0636 e. The molecule has 0 rings (SSSR count). The highest BCUT2D eigenvalue weighted by atomic mass is 16.3. The van der Waals surface area contributed by atoms with E-state index >= 15 is 0 Å². The third-order valence-corrected chi connectivity index (χ3v) is 1.68. The van der Waals surface area contributed by atoms with Gasteiger partial charge in [0.15, 0.2) is 0 Å². The van der Waals surface area contributed by atoms with Crippen LogP contribution >= 0.6 is 0 Å². The Bertz CT molecular complexity index is 94.1. The fourth-order valence-corrected chi connectivity index (χ4v) is 0.833. The topological polar surface area (TPSA) is 52.5 Å². The van der Waals surface area contributed by atoms with Gasteiger partial charge in [-0.3, -0.25) is 0 Å². The van der Waals surface area contributed by atoms with Crippen LogP contribution in [0, 0.1) is 5.92 Å². The molecule has 1 unspecified atom stereocenters. The summed E-state index contributed by atoms with van der Waals surface area (Å²) in [5.41, 5.74) is 0. The van der Waals surface area contributed by atoms with Crippen molar-refractivity contribution in [1.29, 1.82) is 0 Å². The van der Waals surface area contributed by atoms with Crippen LogP contribution in [0.25, 0.3) is 0 Å². The number of aliphatic hydroxyl groups excluding tert-OH is 2. The zero-order valence-electron chi connectivity index (χ0n) is 7.54. The average Bonchev–Trinajstić information content (AvgIpc) is 1.87. The molecule has 3 heteroatoms. The lowest BCUT2D eigenvalue weighted by molar-refractivity contribution is 0.160. The molecule has 0 fully saturated rings. The van der Waals surface area contributed by atoms with E-state index in [1.54, 1.807) is 6.92 Å². The lowest BCUT2D eigenvalue weighted by Gasteiger charge is -2.20. The van der Waals surface area contributed by atoms with E-state index in [1.165, 1.54) is 0 Å². The number of hydrogen-bond donors (Lipinski definition) is 3. The van der Waals surface area contributed by atoms with Gasteiger partial charge in [0.25, 0.3) is 0 Å². The standard InChI is InChI=1S/C8H19NO2/c1-6(2)8(5-10)9-4-7(3)11/h6-11H,4-5H2,1-3H3/t7-,8?/m0/s1. The summed E-state index contributed by atoms with van der Waals surface area (Å²) in [5.74, 6) is 0.402. The summed E-state index contributed by atoms with van der Waals surface area (Å²) in [6, 6.07) is 0.101. The number of rotatable bonds is 5. The molecule has 0 saturated carbocycles. The van der Waals surface area contributed by atoms with Crippen molar-refractivity contribution in [2.75, 3.05) is 13.2 Å². The quantitative estimate of drug-likeness (QED) is 0.531. The molecule has 0 saturated heterocycles. The molecule has 0 heterocycles. The number of aliphatic hydroxyl groups is 2. The van der Waals surface area contributed by atoms with Gasteiger partial charge < -0.3 is 15.5 Å². The molecule has 0 aliphatic heterocycles. The molecule has 3 N–H and O–H groups in total. The van der Waals surface area contributed by atoms with E-state index in [4.69, 9.17) is 10.2 Å². The third-order valence-electron chi connectivity index (χ3n) is 1.68. The fourth-order valence-electron chi connectivity index (χ4n) is 0.833. The highest BCUT2D eigenvalue weighted by molar-refractivity contribution is 4.69. The van der Waals surface area contributed by atoms with Gasteiger partial charge in [-0.05, 0) is 12.8 Å². The van der Waals surface area contributed by atoms with Gasteiger partial charge in [0.05, 0.1) is 12.7 Å². The Labute approximate surface area is 68.4 Å². The van der Waals surface area contributed by atoms with Crippen molar-refractivity contribution in [2.24, 2.45) is 5.92 Å². The molecule has 2 atom stereocenters. The van der Waals surface area contributed by atoms with Crippen LogP contribution in [0.15, 0.2) is 0 Å². The van der Waals surface area contributed by atoms with E-state index < -0.39 is 0 Å². The maximum absolute atomic E-state index is 8.93. The van der Waals surface area contributed by atoms with Crippen molar-refractivity contribution in [3.8, 4) is 0 Å². The van der Waals surface area contributed by atoms with E-state index in [1.807, 2.05) is 13.8 Å². The Balaban J connectivity index is 3.52. The summed E-state index contributed by atoms with van der Waals surface area (Å²) in [5, 5.41) is 20.9. The Kier molecular flexibility index (Phi) is 5.46. The monoisotopic (exact) mass is 161 g/mol. The van der Waals surface area contributed by atoms with Crippen molar-refractivity contribution in [3.05, 3.63) is 0 Å². The molecular weight excluding hydrogens is 142 g/mol. The van der Waals surface area contributed by atoms with Crippen LogP contribution in [0.1, 0.15) is 20.8 Å². The minimum Gasteiger partial charge on any atom is -0.395 e. The summed E-state index contributed by atoms with van der Waals surface area (Å²) in [6.07, 6.45) is -0.345. The summed E-state index contributed by atoms with van der Waals surface area (Å²) in [7, 11) is 0. The molecule has 0 aliphatic rings. The average molecular weight is 161 g/mol. The minimum absolute atomic E-state index is 0.101. The van der Waals surface area contributed by atoms with Gasteiger partial charge in [0.2, 0.25) is 0 Å². The zero-order chi connectivity index (χ0) is 8.85. The van der Waals surface area contributed by atoms with Crippen LogP contribution in [0.3, 0.4) is 0 Å². The third kappa shape index (κ3) is 5.18. The second-order valence-electron chi connectivity index (χ2n) is 3.29. The molecule has 0 aromatic heterocycles. The summed E-state index contributed by atoms with van der Waals surface area (Å²) in [6.45, 7) is 6.47. The first-order valence-electron chi connectivity index (χ1n) is 4.10. The van der Waals surface area contributed by atoms with Gasteiger partial charge in [-0.2, -0.15) is 0 Å². The highest BCUT2D eigenvalue weighted by Crippen LogP contribution is 1.99. The van der Waals surface area contributed by atoms with Crippen LogP contribution in [0.2, 0.25) is 0 Å². The molecule has 0 aromatic carbocycles. The molecule has 11 heavy (non-hydrogen) atoms. The Morgan fingerprint density at radius 2 is 1.82 bits per heavy atom. The lowest BCUT2D eigenvalue weighted by Crippen LogP contribution is -2.40.